The summed E-state index contributed by atoms with van der Waals surface area (Å²) in [6, 6.07) is 2.65. The molecule has 0 aliphatic heterocycles. The molecule has 1 N–H and O–H groups in total. The summed E-state index contributed by atoms with van der Waals surface area (Å²) >= 11 is 5.57. The van der Waals surface area contributed by atoms with Gasteiger partial charge in [-0.2, -0.15) is 0 Å². The zero-order valence-electron chi connectivity index (χ0n) is 6.88. The predicted molar refractivity (Wildman–Crippen MR) is 50.0 cm³/mol. The highest BCUT2D eigenvalue weighted by atomic mass is 35.5. The van der Waals surface area contributed by atoms with Crippen LogP contribution in [-0.4, -0.2) is 11.5 Å². The van der Waals surface area contributed by atoms with Gasteiger partial charge >= 0.3 is 0 Å². The van der Waals surface area contributed by atoms with Crippen molar-refractivity contribution in [3.8, 4) is 5.75 Å². The quantitative estimate of drug-likeness (QED) is 0.779. The van der Waals surface area contributed by atoms with Gasteiger partial charge in [0.15, 0.2) is 5.75 Å². The SMILES string of the molecule is O=COc1c[nH]c2cc(Cl)c(F)cc12. The number of hydrogen-bond donors (Lipinski definition) is 1. The van der Waals surface area contributed by atoms with Gasteiger partial charge in [-0.05, 0) is 12.1 Å². The van der Waals surface area contributed by atoms with E-state index in [0.29, 0.717) is 10.9 Å². The van der Waals surface area contributed by atoms with Crippen LogP contribution in [0.25, 0.3) is 10.9 Å². The molecule has 0 fully saturated rings. The van der Waals surface area contributed by atoms with E-state index >= 15 is 0 Å². The highest BCUT2D eigenvalue weighted by Crippen LogP contribution is 2.29. The number of rotatable bonds is 2. The van der Waals surface area contributed by atoms with Gasteiger partial charge in [-0.25, -0.2) is 4.39 Å². The van der Waals surface area contributed by atoms with E-state index in [1.807, 2.05) is 0 Å². The van der Waals surface area contributed by atoms with E-state index in [-0.39, 0.29) is 17.2 Å². The van der Waals surface area contributed by atoms with E-state index in [4.69, 9.17) is 11.6 Å². The first-order chi connectivity index (χ1) is 6.72. The average Bonchev–Trinajstić information content (AvgIpc) is 2.51. The lowest BCUT2D eigenvalue weighted by atomic mass is 10.2. The first kappa shape index (κ1) is 9.02. The molecular weight excluding hydrogens is 209 g/mol. The number of ether oxygens (including phenoxy) is 1. The van der Waals surface area contributed by atoms with E-state index in [9.17, 15) is 9.18 Å². The Hall–Kier alpha value is -1.55. The molecule has 0 aliphatic rings. The number of H-pyrrole nitrogens is 1. The van der Waals surface area contributed by atoms with Gasteiger partial charge in [-0.1, -0.05) is 11.6 Å². The van der Waals surface area contributed by atoms with Crippen LogP contribution in [0.5, 0.6) is 5.75 Å². The van der Waals surface area contributed by atoms with Crippen molar-refractivity contribution in [1.82, 2.24) is 4.98 Å². The Labute approximate surface area is 83.4 Å². The molecule has 0 amide bonds. The minimum absolute atomic E-state index is 0.0250. The van der Waals surface area contributed by atoms with Crippen molar-refractivity contribution in [3.63, 3.8) is 0 Å². The lowest BCUT2D eigenvalue weighted by Crippen LogP contribution is -1.86. The standard InChI is InChI=1S/C9H5ClFNO2/c10-6-2-8-5(1-7(6)11)9(3-12-8)14-4-13/h1-4,12H. The number of carbonyl (C=O) groups excluding carboxylic acids is 1. The maximum Gasteiger partial charge on any atom is 0.298 e. The smallest absolute Gasteiger partial charge is 0.298 e. The molecule has 0 unspecified atom stereocenters. The minimum Gasteiger partial charge on any atom is -0.426 e. The lowest BCUT2D eigenvalue weighted by molar-refractivity contribution is -0.120. The fraction of sp³-hybridized carbons (Fsp3) is 0. The minimum atomic E-state index is -0.547. The Morgan fingerprint density at radius 2 is 2.29 bits per heavy atom. The summed E-state index contributed by atoms with van der Waals surface area (Å²) in [5, 5.41) is 0.510. The van der Waals surface area contributed by atoms with Crippen LogP contribution in [0.2, 0.25) is 5.02 Å². The van der Waals surface area contributed by atoms with Crippen LogP contribution in [-0.2, 0) is 4.79 Å². The number of carbonyl (C=O) groups is 1. The van der Waals surface area contributed by atoms with Gasteiger partial charge in [0.05, 0.1) is 10.5 Å². The molecule has 2 aromatic rings. The molecule has 2 rings (SSSR count). The summed E-state index contributed by atoms with van der Waals surface area (Å²) in [6.45, 7) is 0.287. The number of aromatic amines is 1. The Kier molecular flexibility index (Phi) is 2.13. The molecule has 5 heteroatoms. The van der Waals surface area contributed by atoms with Crippen LogP contribution in [0, 0.1) is 5.82 Å². The lowest BCUT2D eigenvalue weighted by Gasteiger charge is -1.96. The van der Waals surface area contributed by atoms with Gasteiger partial charge in [0.1, 0.15) is 5.82 Å². The van der Waals surface area contributed by atoms with Crippen LogP contribution < -0.4 is 4.74 Å². The molecule has 0 radical (unpaired) electrons. The molecule has 1 heterocycles. The molecule has 3 nitrogen and oxygen atoms in total. The van der Waals surface area contributed by atoms with E-state index in [1.54, 1.807) is 0 Å². The van der Waals surface area contributed by atoms with Crippen LogP contribution in [0.1, 0.15) is 0 Å². The van der Waals surface area contributed by atoms with Crippen LogP contribution in [0.15, 0.2) is 18.3 Å². The van der Waals surface area contributed by atoms with Crippen molar-refractivity contribution in [2.24, 2.45) is 0 Å². The number of halogens is 2. The second-order valence-electron chi connectivity index (χ2n) is 2.68. The second-order valence-corrected chi connectivity index (χ2v) is 3.09. The summed E-state index contributed by atoms with van der Waals surface area (Å²) in [5.74, 6) is -0.264. The maximum absolute atomic E-state index is 13.1. The highest BCUT2D eigenvalue weighted by Gasteiger charge is 2.08. The van der Waals surface area contributed by atoms with Crippen LogP contribution in [0.3, 0.4) is 0 Å². The van der Waals surface area contributed by atoms with Crippen molar-refractivity contribution in [2.75, 3.05) is 0 Å². The summed E-state index contributed by atoms with van der Waals surface area (Å²) in [7, 11) is 0. The van der Waals surface area contributed by atoms with Crippen molar-refractivity contribution in [1.29, 1.82) is 0 Å². The first-order valence-electron chi connectivity index (χ1n) is 3.79. The normalized spacial score (nSPS) is 10.4. The fourth-order valence-electron chi connectivity index (χ4n) is 1.24. The topological polar surface area (TPSA) is 42.1 Å². The van der Waals surface area contributed by atoms with Gasteiger partial charge in [0.2, 0.25) is 0 Å². The van der Waals surface area contributed by atoms with Gasteiger partial charge in [-0.15, -0.1) is 0 Å². The van der Waals surface area contributed by atoms with Crippen LogP contribution >= 0.6 is 11.6 Å². The van der Waals surface area contributed by atoms with E-state index in [2.05, 4.69) is 9.72 Å². The molecule has 0 spiro atoms. The molecule has 0 atom stereocenters. The molecule has 1 aromatic carbocycles. The largest absolute Gasteiger partial charge is 0.426 e. The third-order valence-electron chi connectivity index (χ3n) is 1.86. The van der Waals surface area contributed by atoms with Crippen molar-refractivity contribution >= 4 is 29.0 Å². The molecule has 0 saturated heterocycles. The summed E-state index contributed by atoms with van der Waals surface area (Å²) in [6.07, 6.45) is 1.47. The van der Waals surface area contributed by atoms with E-state index in [1.165, 1.54) is 18.3 Å². The first-order valence-corrected chi connectivity index (χ1v) is 4.16. The van der Waals surface area contributed by atoms with E-state index in [0.717, 1.165) is 0 Å². The molecule has 72 valence electrons. The Bertz CT molecular complexity index is 495. The number of hydrogen-bond acceptors (Lipinski definition) is 2. The predicted octanol–water partition coefficient (Wildman–Crippen LogP) is 2.50. The van der Waals surface area contributed by atoms with Gasteiger partial charge < -0.3 is 9.72 Å². The summed E-state index contributed by atoms with van der Waals surface area (Å²) in [4.78, 5) is 12.9. The summed E-state index contributed by atoms with van der Waals surface area (Å²) in [5.41, 5.74) is 0.619. The molecule has 1 aromatic heterocycles. The third-order valence-corrected chi connectivity index (χ3v) is 2.15. The highest BCUT2D eigenvalue weighted by molar-refractivity contribution is 6.31. The summed E-state index contributed by atoms with van der Waals surface area (Å²) < 4.78 is 17.7. The Morgan fingerprint density at radius 3 is 3.00 bits per heavy atom. The molecule has 0 bridgehead atoms. The van der Waals surface area contributed by atoms with Crippen molar-refractivity contribution in [2.45, 2.75) is 0 Å². The molecule has 14 heavy (non-hydrogen) atoms. The monoisotopic (exact) mass is 213 g/mol. The Balaban J connectivity index is 2.67. The Morgan fingerprint density at radius 1 is 1.50 bits per heavy atom. The zero-order valence-corrected chi connectivity index (χ0v) is 7.64. The van der Waals surface area contributed by atoms with Gasteiger partial charge in [0, 0.05) is 11.6 Å². The molecule has 0 saturated carbocycles. The number of nitrogens with one attached hydrogen (secondary N) is 1. The fourth-order valence-corrected chi connectivity index (χ4v) is 1.40. The number of aromatic nitrogens is 1. The zero-order chi connectivity index (χ0) is 10.1. The molecule has 0 aliphatic carbocycles. The number of benzene rings is 1. The third kappa shape index (κ3) is 1.33. The van der Waals surface area contributed by atoms with Crippen molar-refractivity contribution in [3.05, 3.63) is 29.2 Å². The number of fused-ring (bicyclic) bond motifs is 1. The van der Waals surface area contributed by atoms with Gasteiger partial charge in [0.25, 0.3) is 6.47 Å². The van der Waals surface area contributed by atoms with Crippen molar-refractivity contribution < 1.29 is 13.9 Å². The average molecular weight is 214 g/mol. The van der Waals surface area contributed by atoms with Gasteiger partial charge in [-0.3, -0.25) is 4.79 Å². The maximum atomic E-state index is 13.1. The second kappa shape index (κ2) is 3.31. The van der Waals surface area contributed by atoms with E-state index < -0.39 is 5.82 Å². The molecular formula is C9H5ClFNO2. The van der Waals surface area contributed by atoms with Crippen LogP contribution in [0.4, 0.5) is 4.39 Å².